The molecule has 3 rings (SSSR count). The maximum absolute atomic E-state index is 13.1. The molecule has 2 aliphatic heterocycles. The highest BCUT2D eigenvalue weighted by molar-refractivity contribution is 7.89. The summed E-state index contributed by atoms with van der Waals surface area (Å²) in [6.07, 6.45) is 4.87. The number of nitrogens with one attached hydrogen (secondary N) is 1. The number of carbonyl (C=O) groups excluding carboxylic acids is 1. The van der Waals surface area contributed by atoms with Gasteiger partial charge in [-0.3, -0.25) is 4.79 Å². The lowest BCUT2D eigenvalue weighted by molar-refractivity contribution is 0.0730. The Bertz CT molecular complexity index is 847. The molecule has 0 aromatic heterocycles. The summed E-state index contributed by atoms with van der Waals surface area (Å²) in [5.74, 6) is 0.0363. The van der Waals surface area contributed by atoms with E-state index in [-0.39, 0.29) is 41.0 Å². The quantitative estimate of drug-likeness (QED) is 0.632. The molecule has 2 heterocycles. The first-order chi connectivity index (χ1) is 15.0. The van der Waals surface area contributed by atoms with Crippen LogP contribution in [0, 0.1) is 0 Å². The molecular weight excluding hydrogens is 422 g/mol. The van der Waals surface area contributed by atoms with Gasteiger partial charge in [0.2, 0.25) is 10.0 Å². The largest absolute Gasteiger partial charge is 0.493 e. The number of morpholine rings is 1. The zero-order valence-electron chi connectivity index (χ0n) is 18.4. The Labute approximate surface area is 184 Å². The van der Waals surface area contributed by atoms with Crippen molar-refractivity contribution in [3.8, 4) is 11.5 Å². The third-order valence-corrected chi connectivity index (χ3v) is 7.59. The van der Waals surface area contributed by atoms with Crippen molar-refractivity contribution < 1.29 is 27.4 Å². The first kappa shape index (κ1) is 23.8. The number of rotatable bonds is 8. The predicted octanol–water partition coefficient (Wildman–Crippen LogP) is 1.33. The highest BCUT2D eigenvalue weighted by Crippen LogP contribution is 2.35. The smallest absolute Gasteiger partial charge is 0.255 e. The van der Waals surface area contributed by atoms with E-state index in [0.29, 0.717) is 19.8 Å². The summed E-state index contributed by atoms with van der Waals surface area (Å²) in [5, 5.41) is 2.91. The zero-order valence-corrected chi connectivity index (χ0v) is 19.2. The Kier molecular flexibility index (Phi) is 8.53. The first-order valence-electron chi connectivity index (χ1n) is 10.8. The van der Waals surface area contributed by atoms with Gasteiger partial charge in [0.25, 0.3) is 5.91 Å². The SMILES string of the molecule is COc1cc(S(=O)(=O)N2CCOCC2)cc(C(=O)NCCN2CCCCCC2)c1OC. The minimum atomic E-state index is -3.79. The van der Waals surface area contributed by atoms with E-state index in [2.05, 4.69) is 10.2 Å². The van der Waals surface area contributed by atoms with Crippen LogP contribution in [0.4, 0.5) is 0 Å². The second kappa shape index (κ2) is 11.1. The fourth-order valence-corrected chi connectivity index (χ4v) is 5.43. The summed E-state index contributed by atoms with van der Waals surface area (Å²) in [7, 11) is -0.935. The van der Waals surface area contributed by atoms with Crippen LogP contribution in [0.5, 0.6) is 11.5 Å². The predicted molar refractivity (Wildman–Crippen MR) is 116 cm³/mol. The number of carbonyl (C=O) groups is 1. The lowest BCUT2D eigenvalue weighted by Crippen LogP contribution is -2.40. The number of methoxy groups -OCH3 is 2. The van der Waals surface area contributed by atoms with Gasteiger partial charge >= 0.3 is 0 Å². The van der Waals surface area contributed by atoms with E-state index >= 15 is 0 Å². The number of benzene rings is 1. The van der Waals surface area contributed by atoms with Crippen LogP contribution in [0.2, 0.25) is 0 Å². The number of sulfonamides is 1. The summed E-state index contributed by atoms with van der Waals surface area (Å²) < 4.78 is 43.6. The van der Waals surface area contributed by atoms with Crippen molar-refractivity contribution in [3.05, 3.63) is 17.7 Å². The minimum absolute atomic E-state index is 0.00437. The second-order valence-electron chi connectivity index (χ2n) is 7.73. The molecule has 31 heavy (non-hydrogen) atoms. The third kappa shape index (κ3) is 5.88. The average Bonchev–Trinajstić information content (AvgIpc) is 3.07. The van der Waals surface area contributed by atoms with E-state index in [1.807, 2.05) is 0 Å². The zero-order chi connectivity index (χ0) is 22.3. The molecule has 1 aromatic carbocycles. The number of nitrogens with zero attached hydrogens (tertiary/aromatic N) is 2. The Morgan fingerprint density at radius 3 is 2.32 bits per heavy atom. The van der Waals surface area contributed by atoms with Gasteiger partial charge in [0.1, 0.15) is 0 Å². The summed E-state index contributed by atoms with van der Waals surface area (Å²) in [5.41, 5.74) is 0.143. The van der Waals surface area contributed by atoms with Gasteiger partial charge in [0, 0.05) is 32.2 Å². The van der Waals surface area contributed by atoms with Crippen LogP contribution in [0.1, 0.15) is 36.0 Å². The molecule has 2 saturated heterocycles. The van der Waals surface area contributed by atoms with Gasteiger partial charge in [-0.05, 0) is 32.0 Å². The van der Waals surface area contributed by atoms with Crippen molar-refractivity contribution in [1.29, 1.82) is 0 Å². The molecule has 10 heteroatoms. The lowest BCUT2D eigenvalue weighted by Gasteiger charge is -2.26. The van der Waals surface area contributed by atoms with Gasteiger partial charge < -0.3 is 24.4 Å². The van der Waals surface area contributed by atoms with Gasteiger partial charge in [-0.15, -0.1) is 0 Å². The summed E-state index contributed by atoms with van der Waals surface area (Å²) in [6.45, 7) is 4.55. The van der Waals surface area contributed by atoms with Crippen LogP contribution in [0.15, 0.2) is 17.0 Å². The van der Waals surface area contributed by atoms with Gasteiger partial charge in [-0.1, -0.05) is 12.8 Å². The number of likely N-dealkylation sites (tertiary alicyclic amines) is 1. The maximum atomic E-state index is 13.1. The van der Waals surface area contributed by atoms with Crippen LogP contribution in [0.25, 0.3) is 0 Å². The highest BCUT2D eigenvalue weighted by Gasteiger charge is 2.30. The van der Waals surface area contributed by atoms with Crippen molar-refractivity contribution in [1.82, 2.24) is 14.5 Å². The second-order valence-corrected chi connectivity index (χ2v) is 9.67. The van der Waals surface area contributed by atoms with Crippen molar-refractivity contribution in [2.24, 2.45) is 0 Å². The van der Waals surface area contributed by atoms with Crippen molar-refractivity contribution in [3.63, 3.8) is 0 Å². The Balaban J connectivity index is 1.79. The van der Waals surface area contributed by atoms with E-state index in [1.54, 1.807) is 0 Å². The molecule has 0 aliphatic carbocycles. The van der Waals surface area contributed by atoms with Gasteiger partial charge in [-0.25, -0.2) is 8.42 Å². The molecule has 1 aromatic rings. The van der Waals surface area contributed by atoms with Crippen LogP contribution in [0.3, 0.4) is 0 Å². The van der Waals surface area contributed by atoms with Crippen molar-refractivity contribution in [2.75, 3.05) is 66.7 Å². The summed E-state index contributed by atoms with van der Waals surface area (Å²) in [4.78, 5) is 15.3. The Hall–Kier alpha value is -1.88. The van der Waals surface area contributed by atoms with Gasteiger partial charge in [-0.2, -0.15) is 4.31 Å². The van der Waals surface area contributed by atoms with Crippen LogP contribution in [-0.4, -0.2) is 90.2 Å². The molecule has 2 aliphatic rings. The molecule has 0 radical (unpaired) electrons. The molecule has 0 bridgehead atoms. The molecule has 0 spiro atoms. The highest BCUT2D eigenvalue weighted by atomic mass is 32.2. The number of ether oxygens (including phenoxy) is 3. The summed E-state index contributed by atoms with van der Waals surface area (Å²) >= 11 is 0. The minimum Gasteiger partial charge on any atom is -0.493 e. The number of amides is 1. The van der Waals surface area contributed by atoms with E-state index in [1.165, 1.54) is 56.3 Å². The first-order valence-corrected chi connectivity index (χ1v) is 12.3. The fourth-order valence-electron chi connectivity index (χ4n) is 3.98. The monoisotopic (exact) mass is 455 g/mol. The number of hydrogen-bond donors (Lipinski definition) is 1. The van der Waals surface area contributed by atoms with Crippen molar-refractivity contribution in [2.45, 2.75) is 30.6 Å². The lowest BCUT2D eigenvalue weighted by atomic mass is 10.1. The molecule has 0 unspecified atom stereocenters. The van der Waals surface area contributed by atoms with Crippen molar-refractivity contribution >= 4 is 15.9 Å². The van der Waals surface area contributed by atoms with Gasteiger partial charge in [0.15, 0.2) is 11.5 Å². The van der Waals surface area contributed by atoms with E-state index < -0.39 is 10.0 Å². The van der Waals surface area contributed by atoms with E-state index in [9.17, 15) is 13.2 Å². The Morgan fingerprint density at radius 1 is 1.03 bits per heavy atom. The van der Waals surface area contributed by atoms with Crippen LogP contribution in [-0.2, 0) is 14.8 Å². The molecule has 1 amide bonds. The third-order valence-electron chi connectivity index (χ3n) is 5.72. The molecule has 0 atom stereocenters. The van der Waals surface area contributed by atoms with E-state index in [0.717, 1.165) is 19.6 Å². The molecule has 9 nitrogen and oxygen atoms in total. The molecule has 0 saturated carbocycles. The average molecular weight is 456 g/mol. The Morgan fingerprint density at radius 2 is 1.71 bits per heavy atom. The normalized spacial score (nSPS) is 18.9. The topological polar surface area (TPSA) is 97.4 Å². The number of hydrogen-bond acceptors (Lipinski definition) is 7. The molecule has 174 valence electrons. The molecular formula is C21H33N3O6S. The van der Waals surface area contributed by atoms with E-state index in [4.69, 9.17) is 14.2 Å². The van der Waals surface area contributed by atoms with Gasteiger partial charge in [0.05, 0.1) is 37.9 Å². The van der Waals surface area contributed by atoms with Crippen LogP contribution < -0.4 is 14.8 Å². The van der Waals surface area contributed by atoms with Crippen LogP contribution >= 0.6 is 0 Å². The molecule has 2 fully saturated rings. The molecule has 1 N–H and O–H groups in total. The fraction of sp³-hybridized carbons (Fsp3) is 0.667. The maximum Gasteiger partial charge on any atom is 0.255 e. The summed E-state index contributed by atoms with van der Waals surface area (Å²) in [6, 6.07) is 2.77. The standard InChI is InChI=1S/C21H33N3O6S/c1-28-19-16-17(31(26,27)24-11-13-30-14-12-24)15-18(20(19)29-2)21(25)22-7-10-23-8-5-3-4-6-9-23/h15-16H,3-14H2,1-2H3,(H,22,25).